The zero-order valence-electron chi connectivity index (χ0n) is 14.3. The van der Waals surface area contributed by atoms with Crippen molar-refractivity contribution in [3.05, 3.63) is 54.3 Å². The first-order chi connectivity index (χ1) is 12.6. The van der Waals surface area contributed by atoms with Crippen LogP contribution in [0.25, 0.3) is 0 Å². The second-order valence-corrected chi connectivity index (χ2v) is 6.07. The third-order valence-electron chi connectivity index (χ3n) is 4.14. The van der Waals surface area contributed by atoms with Crippen LogP contribution in [0, 0.1) is 5.82 Å². The molecule has 3 amide bonds. The lowest BCUT2D eigenvalue weighted by Gasteiger charge is -2.21. The molecule has 3 N–H and O–H groups in total. The summed E-state index contributed by atoms with van der Waals surface area (Å²) in [7, 11) is 0. The highest BCUT2D eigenvalue weighted by Crippen LogP contribution is 2.28. The van der Waals surface area contributed by atoms with Crippen LogP contribution in [0.4, 0.5) is 26.2 Å². The molecular formula is C19H21FN4O2. The number of rotatable bonds is 5. The van der Waals surface area contributed by atoms with Gasteiger partial charge in [0.25, 0.3) is 0 Å². The molecule has 0 unspecified atom stereocenters. The normalized spacial score (nSPS) is 13.3. The Morgan fingerprint density at radius 2 is 1.65 bits per heavy atom. The zero-order valence-corrected chi connectivity index (χ0v) is 14.3. The van der Waals surface area contributed by atoms with Crippen molar-refractivity contribution < 1.29 is 14.0 Å². The molecule has 1 heterocycles. The molecule has 0 saturated carbocycles. The topological polar surface area (TPSA) is 73.5 Å². The Morgan fingerprint density at radius 3 is 2.38 bits per heavy atom. The van der Waals surface area contributed by atoms with Gasteiger partial charge in [0.1, 0.15) is 5.82 Å². The van der Waals surface area contributed by atoms with E-state index in [-0.39, 0.29) is 18.3 Å². The van der Waals surface area contributed by atoms with Crippen LogP contribution in [-0.2, 0) is 4.79 Å². The van der Waals surface area contributed by atoms with Gasteiger partial charge in [-0.1, -0.05) is 12.1 Å². The molecule has 0 radical (unpaired) electrons. The van der Waals surface area contributed by atoms with Gasteiger partial charge < -0.3 is 20.9 Å². The predicted molar refractivity (Wildman–Crippen MR) is 99.9 cm³/mol. The first-order valence-electron chi connectivity index (χ1n) is 8.56. The van der Waals surface area contributed by atoms with Gasteiger partial charge in [-0.2, -0.15) is 0 Å². The molecule has 1 saturated heterocycles. The van der Waals surface area contributed by atoms with Crippen LogP contribution in [-0.4, -0.2) is 31.6 Å². The van der Waals surface area contributed by atoms with Crippen molar-refractivity contribution in [1.29, 1.82) is 0 Å². The van der Waals surface area contributed by atoms with Crippen molar-refractivity contribution >= 4 is 29.0 Å². The van der Waals surface area contributed by atoms with Crippen molar-refractivity contribution in [3.8, 4) is 0 Å². The Morgan fingerprint density at radius 1 is 0.962 bits per heavy atom. The molecule has 0 aromatic heterocycles. The highest BCUT2D eigenvalue weighted by Gasteiger charge is 2.16. The summed E-state index contributed by atoms with van der Waals surface area (Å²) < 4.78 is 12.8. The maximum atomic E-state index is 12.8. The molecule has 2 aromatic rings. The summed E-state index contributed by atoms with van der Waals surface area (Å²) in [6.07, 6.45) is 2.29. The Balaban J connectivity index is 1.51. The minimum absolute atomic E-state index is 0.185. The number of para-hydroxylation sites is 2. The van der Waals surface area contributed by atoms with Crippen LogP contribution >= 0.6 is 0 Å². The monoisotopic (exact) mass is 356 g/mol. The van der Waals surface area contributed by atoms with Crippen molar-refractivity contribution in [2.45, 2.75) is 12.8 Å². The Hall–Kier alpha value is -3.09. The fraction of sp³-hybridized carbons (Fsp3) is 0.263. The first-order valence-corrected chi connectivity index (χ1v) is 8.56. The van der Waals surface area contributed by atoms with E-state index in [2.05, 4.69) is 20.9 Å². The van der Waals surface area contributed by atoms with Gasteiger partial charge in [0.15, 0.2) is 0 Å². The molecule has 0 spiro atoms. The predicted octanol–water partition coefficient (Wildman–Crippen LogP) is 3.19. The highest BCUT2D eigenvalue weighted by atomic mass is 19.1. The quantitative estimate of drug-likeness (QED) is 0.770. The lowest BCUT2D eigenvalue weighted by atomic mass is 10.2. The number of carbonyl (C=O) groups excluding carboxylic acids is 2. The van der Waals surface area contributed by atoms with Crippen molar-refractivity contribution in [2.24, 2.45) is 0 Å². The molecule has 7 heteroatoms. The maximum absolute atomic E-state index is 12.8. The number of amides is 3. The molecule has 0 bridgehead atoms. The standard InChI is InChI=1S/C19H21FN4O2/c20-14-7-9-15(10-8-14)22-18(25)13-21-19(26)23-16-5-1-2-6-17(16)24-11-3-4-12-24/h1-2,5-10H,3-4,11-13H2,(H,22,25)(H2,21,23,26). The molecule has 1 aliphatic heterocycles. The summed E-state index contributed by atoms with van der Waals surface area (Å²) in [5.41, 5.74) is 2.17. The van der Waals surface area contributed by atoms with Gasteiger partial charge in [-0.25, -0.2) is 9.18 Å². The number of benzene rings is 2. The summed E-state index contributed by atoms with van der Waals surface area (Å²) in [5, 5.41) is 7.91. The van der Waals surface area contributed by atoms with E-state index in [0.717, 1.165) is 31.6 Å². The van der Waals surface area contributed by atoms with Crippen molar-refractivity contribution in [1.82, 2.24) is 5.32 Å². The summed E-state index contributed by atoms with van der Waals surface area (Å²) in [4.78, 5) is 26.2. The smallest absolute Gasteiger partial charge is 0.319 e. The van der Waals surface area contributed by atoms with Gasteiger partial charge >= 0.3 is 6.03 Å². The molecule has 2 aromatic carbocycles. The number of carbonyl (C=O) groups is 2. The first kappa shape index (κ1) is 17.7. The maximum Gasteiger partial charge on any atom is 0.319 e. The lowest BCUT2D eigenvalue weighted by molar-refractivity contribution is -0.115. The molecule has 0 aliphatic carbocycles. The van der Waals surface area contributed by atoms with Gasteiger partial charge in [-0.15, -0.1) is 0 Å². The van der Waals surface area contributed by atoms with Gasteiger partial charge in [-0.05, 0) is 49.2 Å². The molecule has 136 valence electrons. The SMILES string of the molecule is O=C(CNC(=O)Nc1ccccc1N1CCCC1)Nc1ccc(F)cc1. The Kier molecular flexibility index (Phi) is 5.68. The van der Waals surface area contributed by atoms with E-state index >= 15 is 0 Å². The third-order valence-corrected chi connectivity index (χ3v) is 4.14. The van der Waals surface area contributed by atoms with Gasteiger partial charge in [-0.3, -0.25) is 4.79 Å². The summed E-state index contributed by atoms with van der Waals surface area (Å²) in [6, 6.07) is 12.6. The van der Waals surface area contributed by atoms with Crippen LogP contribution in [0.1, 0.15) is 12.8 Å². The van der Waals surface area contributed by atoms with Crippen LogP contribution in [0.5, 0.6) is 0 Å². The average molecular weight is 356 g/mol. The Bertz CT molecular complexity index is 773. The summed E-state index contributed by atoms with van der Waals surface area (Å²) >= 11 is 0. The molecule has 1 aliphatic rings. The molecule has 0 atom stereocenters. The average Bonchev–Trinajstić information content (AvgIpc) is 3.17. The minimum Gasteiger partial charge on any atom is -0.370 e. The molecular weight excluding hydrogens is 335 g/mol. The number of anilines is 3. The lowest BCUT2D eigenvalue weighted by Crippen LogP contribution is -2.36. The number of halogens is 1. The van der Waals surface area contributed by atoms with E-state index in [1.54, 1.807) is 0 Å². The fourth-order valence-corrected chi connectivity index (χ4v) is 2.88. The minimum atomic E-state index is -0.453. The second-order valence-electron chi connectivity index (χ2n) is 6.07. The zero-order chi connectivity index (χ0) is 18.4. The highest BCUT2D eigenvalue weighted by molar-refractivity contribution is 5.98. The summed E-state index contributed by atoms with van der Waals surface area (Å²) in [6.45, 7) is 1.76. The van der Waals surface area contributed by atoms with E-state index in [1.807, 2.05) is 24.3 Å². The number of hydrogen-bond acceptors (Lipinski definition) is 3. The third kappa shape index (κ3) is 4.72. The van der Waals surface area contributed by atoms with E-state index < -0.39 is 6.03 Å². The van der Waals surface area contributed by atoms with Gasteiger partial charge in [0.2, 0.25) is 5.91 Å². The Labute approximate surface area is 151 Å². The molecule has 3 rings (SSSR count). The van der Waals surface area contributed by atoms with Gasteiger partial charge in [0, 0.05) is 18.8 Å². The molecule has 1 fully saturated rings. The van der Waals surface area contributed by atoms with Crippen molar-refractivity contribution in [3.63, 3.8) is 0 Å². The number of hydrogen-bond donors (Lipinski definition) is 3. The number of urea groups is 1. The van der Waals surface area contributed by atoms with Crippen LogP contribution in [0.2, 0.25) is 0 Å². The van der Waals surface area contributed by atoms with E-state index in [0.29, 0.717) is 11.4 Å². The fourth-order valence-electron chi connectivity index (χ4n) is 2.88. The largest absolute Gasteiger partial charge is 0.370 e. The van der Waals surface area contributed by atoms with E-state index in [9.17, 15) is 14.0 Å². The van der Waals surface area contributed by atoms with Crippen LogP contribution < -0.4 is 20.9 Å². The van der Waals surface area contributed by atoms with Crippen molar-refractivity contribution in [2.75, 3.05) is 35.2 Å². The van der Waals surface area contributed by atoms with E-state index in [4.69, 9.17) is 0 Å². The van der Waals surface area contributed by atoms with Crippen LogP contribution in [0.3, 0.4) is 0 Å². The molecule has 26 heavy (non-hydrogen) atoms. The van der Waals surface area contributed by atoms with E-state index in [1.165, 1.54) is 24.3 Å². The summed E-state index contributed by atoms with van der Waals surface area (Å²) in [5.74, 6) is -0.767. The number of nitrogens with zero attached hydrogens (tertiary/aromatic N) is 1. The van der Waals surface area contributed by atoms with Gasteiger partial charge in [0.05, 0.1) is 17.9 Å². The molecule has 6 nitrogen and oxygen atoms in total. The number of nitrogens with one attached hydrogen (secondary N) is 3. The van der Waals surface area contributed by atoms with Crippen LogP contribution in [0.15, 0.2) is 48.5 Å². The second kappa shape index (κ2) is 8.33.